The minimum absolute atomic E-state index is 0.00398. The summed E-state index contributed by atoms with van der Waals surface area (Å²) in [6, 6.07) is 9.75. The summed E-state index contributed by atoms with van der Waals surface area (Å²) in [6.45, 7) is -0.679. The van der Waals surface area contributed by atoms with E-state index in [1.54, 1.807) is 25.5 Å². The number of aryl methyl sites for hydroxylation is 1. The van der Waals surface area contributed by atoms with Gasteiger partial charge < -0.3 is 20.6 Å². The lowest BCUT2D eigenvalue weighted by molar-refractivity contribution is -0.141. The Labute approximate surface area is 286 Å². The molecule has 6 rings (SSSR count). The number of carbonyl (C=O) groups is 5. The van der Waals surface area contributed by atoms with Crippen molar-refractivity contribution in [2.75, 3.05) is 26.7 Å². The number of nitrogens with zero attached hydrogens (tertiary/aromatic N) is 5. The van der Waals surface area contributed by atoms with Crippen LogP contribution >= 0.6 is 0 Å². The summed E-state index contributed by atoms with van der Waals surface area (Å²) < 4.78 is 42.4. The van der Waals surface area contributed by atoms with Crippen LogP contribution in [0.3, 0.4) is 0 Å². The molecule has 50 heavy (non-hydrogen) atoms. The van der Waals surface area contributed by atoms with Gasteiger partial charge in [0, 0.05) is 44.5 Å². The Morgan fingerprint density at radius 3 is 2.48 bits per heavy atom. The van der Waals surface area contributed by atoms with Crippen LogP contribution in [-0.2, 0) is 49.6 Å². The summed E-state index contributed by atoms with van der Waals surface area (Å²) in [4.78, 5) is 66.3. The predicted molar refractivity (Wildman–Crippen MR) is 174 cm³/mol. The first kappa shape index (κ1) is 34.5. The number of aromatic nitrogens is 2. The molecule has 3 aliphatic rings. The van der Waals surface area contributed by atoms with E-state index < -0.39 is 58.1 Å². The lowest BCUT2D eigenvalue weighted by atomic mass is 9.90. The van der Waals surface area contributed by atoms with Gasteiger partial charge >= 0.3 is 22.3 Å². The van der Waals surface area contributed by atoms with E-state index in [1.807, 2.05) is 12.1 Å². The third kappa shape index (κ3) is 6.75. The van der Waals surface area contributed by atoms with Gasteiger partial charge in [0.05, 0.1) is 6.20 Å². The molecule has 2 aromatic carbocycles. The predicted octanol–water partition coefficient (Wildman–Crippen LogP) is 1.13. The van der Waals surface area contributed by atoms with Crippen molar-refractivity contribution in [1.29, 1.82) is 0 Å². The minimum Gasteiger partial charge on any atom is -0.464 e. The van der Waals surface area contributed by atoms with Crippen LogP contribution in [0.1, 0.15) is 36.0 Å². The van der Waals surface area contributed by atoms with Gasteiger partial charge in [0.2, 0.25) is 11.8 Å². The number of carbonyl (C=O) groups excluding carboxylic acids is 4. The highest BCUT2D eigenvalue weighted by Crippen LogP contribution is 2.43. The second-order valence-electron chi connectivity index (χ2n) is 12.4. The van der Waals surface area contributed by atoms with Gasteiger partial charge in [0.15, 0.2) is 0 Å². The molecule has 18 heteroatoms. The van der Waals surface area contributed by atoms with Crippen molar-refractivity contribution in [3.63, 3.8) is 0 Å². The van der Waals surface area contributed by atoms with Crippen LogP contribution in [0.25, 0.3) is 11.1 Å². The second-order valence-corrected chi connectivity index (χ2v) is 14.1. The Morgan fingerprint density at radius 1 is 1.08 bits per heavy atom. The van der Waals surface area contributed by atoms with E-state index in [0.717, 1.165) is 25.9 Å². The fraction of sp³-hybridized carbons (Fsp3) is 0.375. The summed E-state index contributed by atoms with van der Waals surface area (Å²) >= 11 is 0. The van der Waals surface area contributed by atoms with Crippen molar-refractivity contribution in [1.82, 2.24) is 39.2 Å². The number of urea groups is 1. The Morgan fingerprint density at radius 2 is 1.80 bits per heavy atom. The van der Waals surface area contributed by atoms with E-state index in [0.29, 0.717) is 17.5 Å². The highest BCUT2D eigenvalue weighted by Gasteiger charge is 2.56. The molecule has 1 unspecified atom stereocenters. The van der Waals surface area contributed by atoms with Crippen molar-refractivity contribution < 1.29 is 41.9 Å². The van der Waals surface area contributed by atoms with E-state index in [2.05, 4.69) is 15.7 Å². The molecular formula is C32H35FN8O8S. The largest absolute Gasteiger partial charge is 0.464 e. The molecule has 6 amide bonds. The molecule has 1 atom stereocenters. The lowest BCUT2D eigenvalue weighted by Gasteiger charge is -2.38. The van der Waals surface area contributed by atoms with E-state index in [1.165, 1.54) is 38.6 Å². The first-order valence-electron chi connectivity index (χ1n) is 15.9. The summed E-state index contributed by atoms with van der Waals surface area (Å²) in [6.07, 6.45) is 2.73. The molecule has 0 bridgehead atoms. The van der Waals surface area contributed by atoms with Gasteiger partial charge in [-0.15, -0.1) is 0 Å². The maximum Gasteiger partial charge on any atom is 0.419 e. The van der Waals surface area contributed by atoms with E-state index >= 15 is 0 Å². The van der Waals surface area contributed by atoms with Crippen LogP contribution in [0.2, 0.25) is 0 Å². The van der Waals surface area contributed by atoms with Crippen molar-refractivity contribution in [2.24, 2.45) is 0 Å². The van der Waals surface area contributed by atoms with Crippen LogP contribution in [0.4, 0.5) is 14.0 Å². The molecule has 1 aliphatic carbocycles. The normalized spacial score (nSPS) is 19.4. The standard InChI is InChI=1S/C32H35FN8O8S/c1-34-27(42)18-38-17-23(15-35-38)21-4-7-26-22(14-21)8-11-32(26)29(44)41(30(45)36-32)19-28(43)40(16-20-2-5-24(33)6-3-20)25-9-12-39(13-10-25)50(48,49)37-31(46)47/h2-7,14-15,17,25,37H,8-13,16,18-19H2,1H3,(H,34,42)(H,36,45)(H,46,47). The van der Waals surface area contributed by atoms with Gasteiger partial charge in [-0.3, -0.25) is 24.0 Å². The molecule has 2 saturated heterocycles. The third-order valence-electron chi connectivity index (χ3n) is 9.36. The number of carboxylic acid groups (broad SMARTS) is 1. The number of piperidine rings is 1. The molecule has 2 fully saturated rings. The molecule has 0 saturated carbocycles. The summed E-state index contributed by atoms with van der Waals surface area (Å²) in [5.41, 5.74) is 2.29. The molecule has 3 aromatic rings. The van der Waals surface area contributed by atoms with Gasteiger partial charge in [-0.25, -0.2) is 18.7 Å². The average molecular weight is 711 g/mol. The summed E-state index contributed by atoms with van der Waals surface area (Å²) in [5, 5.41) is 18.5. The lowest BCUT2D eigenvalue weighted by Crippen LogP contribution is -2.53. The third-order valence-corrected chi connectivity index (χ3v) is 10.8. The number of hydrogen-bond acceptors (Lipinski definition) is 8. The molecule has 3 heterocycles. The number of benzene rings is 2. The van der Waals surface area contributed by atoms with Crippen LogP contribution in [-0.4, -0.2) is 100.0 Å². The van der Waals surface area contributed by atoms with Crippen LogP contribution < -0.4 is 15.4 Å². The maximum atomic E-state index is 14.0. The molecular weight excluding hydrogens is 675 g/mol. The van der Waals surface area contributed by atoms with E-state index in [4.69, 9.17) is 5.11 Å². The zero-order valence-corrected chi connectivity index (χ0v) is 27.8. The summed E-state index contributed by atoms with van der Waals surface area (Å²) in [7, 11) is -2.75. The zero-order chi connectivity index (χ0) is 35.8. The molecule has 4 N–H and O–H groups in total. The quantitative estimate of drug-likeness (QED) is 0.223. The second kappa shape index (κ2) is 13.5. The highest BCUT2D eigenvalue weighted by molar-refractivity contribution is 7.87. The first-order valence-corrected chi connectivity index (χ1v) is 17.3. The maximum absolute atomic E-state index is 14.0. The van der Waals surface area contributed by atoms with Crippen LogP contribution in [0, 0.1) is 5.82 Å². The van der Waals surface area contributed by atoms with Gasteiger partial charge in [-0.1, -0.05) is 30.3 Å². The number of rotatable bonds is 10. The van der Waals surface area contributed by atoms with Gasteiger partial charge in [-0.05, 0) is 60.1 Å². The number of imide groups is 1. The Kier molecular flexibility index (Phi) is 9.32. The van der Waals surface area contributed by atoms with Crippen molar-refractivity contribution in [3.05, 3.63) is 77.4 Å². The van der Waals surface area contributed by atoms with E-state index in [-0.39, 0.29) is 51.3 Å². The number of halogens is 1. The molecule has 1 spiro atoms. The Bertz CT molecular complexity index is 1960. The van der Waals surface area contributed by atoms with Crippen molar-refractivity contribution >= 4 is 40.1 Å². The first-order chi connectivity index (χ1) is 23.8. The smallest absolute Gasteiger partial charge is 0.419 e. The van der Waals surface area contributed by atoms with Crippen molar-refractivity contribution in [3.8, 4) is 11.1 Å². The van der Waals surface area contributed by atoms with Crippen LogP contribution in [0.5, 0.6) is 0 Å². The molecule has 16 nitrogen and oxygen atoms in total. The molecule has 2 aliphatic heterocycles. The topological polar surface area (TPSA) is 203 Å². The van der Waals surface area contributed by atoms with Crippen LogP contribution in [0.15, 0.2) is 54.9 Å². The minimum atomic E-state index is -4.30. The van der Waals surface area contributed by atoms with Gasteiger partial charge in [-0.2, -0.15) is 17.8 Å². The fourth-order valence-electron chi connectivity index (χ4n) is 6.80. The van der Waals surface area contributed by atoms with Gasteiger partial charge in [0.1, 0.15) is 24.4 Å². The number of fused-ring (bicyclic) bond motifs is 2. The number of hydrogen-bond donors (Lipinski definition) is 4. The monoisotopic (exact) mass is 710 g/mol. The van der Waals surface area contributed by atoms with E-state index in [9.17, 15) is 36.8 Å². The molecule has 1 aromatic heterocycles. The zero-order valence-electron chi connectivity index (χ0n) is 27.0. The highest BCUT2D eigenvalue weighted by atomic mass is 32.2. The number of likely N-dealkylation sites (N-methyl/N-ethyl adjacent to an activating group) is 1. The van der Waals surface area contributed by atoms with Crippen molar-refractivity contribution in [2.45, 2.75) is 50.4 Å². The average Bonchev–Trinajstić information content (AvgIpc) is 3.76. The number of amides is 6. The fourth-order valence-corrected chi connectivity index (χ4v) is 7.84. The summed E-state index contributed by atoms with van der Waals surface area (Å²) in [5.74, 6) is -1.80. The molecule has 264 valence electrons. The molecule has 0 radical (unpaired) electrons. The van der Waals surface area contributed by atoms with Gasteiger partial charge in [0.25, 0.3) is 5.91 Å². The SMILES string of the molecule is CNC(=O)Cn1cc(-c2ccc3c(c2)CCC32NC(=O)N(CC(=O)N(Cc3ccc(F)cc3)C3CCN(S(=O)(=O)NC(=O)O)CC3)C2=O)cn1. The Hall–Kier alpha value is -5.36. The Balaban J connectivity index is 1.19. The number of nitrogens with one attached hydrogen (secondary N) is 3.